The summed E-state index contributed by atoms with van der Waals surface area (Å²) in [5, 5.41) is 9.40. The van der Waals surface area contributed by atoms with E-state index >= 15 is 0 Å². The third-order valence-electron chi connectivity index (χ3n) is 8.17. The van der Waals surface area contributed by atoms with Gasteiger partial charge in [0, 0.05) is 43.7 Å². The minimum Gasteiger partial charge on any atom is -0.396 e. The normalized spacial score (nSPS) is 30.4. The van der Waals surface area contributed by atoms with Gasteiger partial charge in [-0.25, -0.2) is 0 Å². The van der Waals surface area contributed by atoms with Gasteiger partial charge in [0.1, 0.15) is 11.6 Å². The van der Waals surface area contributed by atoms with Crippen LogP contribution in [0.4, 0.5) is 0 Å². The van der Waals surface area contributed by atoms with Crippen LogP contribution in [-0.2, 0) is 19.1 Å². The fourth-order valence-corrected chi connectivity index (χ4v) is 8.11. The average Bonchev–Trinajstić information content (AvgIpc) is 3.39. The molecule has 3 amide bonds. The van der Waals surface area contributed by atoms with Crippen molar-refractivity contribution in [1.29, 1.82) is 0 Å². The van der Waals surface area contributed by atoms with Crippen molar-refractivity contribution in [2.75, 3.05) is 33.3 Å². The third kappa shape index (κ3) is 5.48. The second-order valence-corrected chi connectivity index (χ2v) is 14.1. The number of halogens is 1. The second kappa shape index (κ2) is 11.4. The summed E-state index contributed by atoms with van der Waals surface area (Å²) in [6.45, 7) is 19.2. The SMILES string of the molecule is C=CCN(C)C(=O)[C@H]1[C@H]2C(=O)N(CCCCO)C(C(=O)N(CC=C)C(C)(C)CC(C)(C)C)C23CC(Br)[C@@H]1O3. The molecule has 3 aliphatic rings. The summed E-state index contributed by atoms with van der Waals surface area (Å²) in [7, 11) is 1.70. The van der Waals surface area contributed by atoms with Crippen LogP contribution < -0.4 is 0 Å². The van der Waals surface area contributed by atoms with Gasteiger partial charge in [-0.1, -0.05) is 48.9 Å². The number of likely N-dealkylation sites (N-methyl/N-ethyl adjacent to an activating group) is 1. The Morgan fingerprint density at radius 3 is 2.34 bits per heavy atom. The smallest absolute Gasteiger partial charge is 0.249 e. The first-order valence-electron chi connectivity index (χ1n) is 13.7. The number of hydrogen-bond acceptors (Lipinski definition) is 5. The fourth-order valence-electron chi connectivity index (χ4n) is 7.17. The molecule has 0 aromatic rings. The highest BCUT2D eigenvalue weighted by Crippen LogP contribution is 2.60. The first kappa shape index (κ1) is 30.8. The summed E-state index contributed by atoms with van der Waals surface area (Å²) < 4.78 is 6.64. The summed E-state index contributed by atoms with van der Waals surface area (Å²) in [5.74, 6) is -1.97. The van der Waals surface area contributed by atoms with Crippen LogP contribution in [0.2, 0.25) is 0 Å². The summed E-state index contributed by atoms with van der Waals surface area (Å²) in [6.07, 6.45) is 5.18. The van der Waals surface area contributed by atoms with Crippen molar-refractivity contribution >= 4 is 33.7 Å². The van der Waals surface area contributed by atoms with E-state index in [2.05, 4.69) is 63.7 Å². The summed E-state index contributed by atoms with van der Waals surface area (Å²) in [5.41, 5.74) is -1.65. The number of unbranched alkanes of at least 4 members (excludes halogenated alkanes) is 1. The summed E-state index contributed by atoms with van der Waals surface area (Å²) in [6, 6.07) is -0.856. The number of aliphatic hydroxyl groups excluding tert-OH is 1. The lowest BCUT2D eigenvalue weighted by atomic mass is 9.70. The number of rotatable bonds is 12. The molecule has 1 spiro atoms. The zero-order valence-electron chi connectivity index (χ0n) is 23.9. The van der Waals surface area contributed by atoms with Crippen molar-refractivity contribution in [3.8, 4) is 0 Å². The number of ether oxygens (including phenoxy) is 1. The van der Waals surface area contributed by atoms with Crippen LogP contribution in [0.5, 0.6) is 0 Å². The number of alkyl halides is 1. The van der Waals surface area contributed by atoms with E-state index in [1.54, 1.807) is 29.0 Å². The van der Waals surface area contributed by atoms with Crippen molar-refractivity contribution in [1.82, 2.24) is 14.7 Å². The minimum atomic E-state index is -1.10. The number of carbonyl (C=O) groups excluding carboxylic acids is 3. The molecule has 38 heavy (non-hydrogen) atoms. The van der Waals surface area contributed by atoms with Gasteiger partial charge in [0.05, 0.1) is 17.9 Å². The fraction of sp³-hybridized carbons (Fsp3) is 0.759. The van der Waals surface area contributed by atoms with Crippen molar-refractivity contribution in [3.63, 3.8) is 0 Å². The van der Waals surface area contributed by atoms with Crippen LogP contribution in [0.1, 0.15) is 60.3 Å². The highest BCUT2D eigenvalue weighted by Gasteiger charge is 2.77. The van der Waals surface area contributed by atoms with Crippen molar-refractivity contribution < 1.29 is 24.2 Å². The van der Waals surface area contributed by atoms with Crippen LogP contribution >= 0.6 is 15.9 Å². The lowest BCUT2D eigenvalue weighted by Crippen LogP contribution is -2.61. The minimum absolute atomic E-state index is 0.00588. The molecule has 3 fully saturated rings. The van der Waals surface area contributed by atoms with Gasteiger partial charge in [-0.3, -0.25) is 14.4 Å². The van der Waals surface area contributed by atoms with E-state index < -0.39 is 35.1 Å². The lowest BCUT2D eigenvalue weighted by molar-refractivity contribution is -0.153. The van der Waals surface area contributed by atoms with Crippen LogP contribution in [0.3, 0.4) is 0 Å². The van der Waals surface area contributed by atoms with Crippen molar-refractivity contribution in [3.05, 3.63) is 25.3 Å². The summed E-state index contributed by atoms with van der Waals surface area (Å²) >= 11 is 3.73. The maximum atomic E-state index is 14.6. The Balaban J connectivity index is 2.09. The third-order valence-corrected chi connectivity index (χ3v) is 9.01. The zero-order valence-corrected chi connectivity index (χ0v) is 25.5. The van der Waals surface area contributed by atoms with E-state index in [1.165, 1.54) is 0 Å². The van der Waals surface area contributed by atoms with Gasteiger partial charge in [-0.2, -0.15) is 0 Å². The van der Waals surface area contributed by atoms with E-state index in [0.717, 1.165) is 6.42 Å². The number of hydrogen-bond donors (Lipinski definition) is 1. The van der Waals surface area contributed by atoms with Gasteiger partial charge < -0.3 is 24.5 Å². The van der Waals surface area contributed by atoms with Crippen LogP contribution in [-0.4, -0.2) is 98.9 Å². The maximum Gasteiger partial charge on any atom is 0.249 e. The Morgan fingerprint density at radius 1 is 1.16 bits per heavy atom. The molecule has 3 unspecified atom stereocenters. The molecule has 3 rings (SSSR count). The predicted octanol–water partition coefficient (Wildman–Crippen LogP) is 3.38. The predicted molar refractivity (Wildman–Crippen MR) is 152 cm³/mol. The highest BCUT2D eigenvalue weighted by atomic mass is 79.9. The molecule has 8 nitrogen and oxygen atoms in total. The largest absolute Gasteiger partial charge is 0.396 e. The van der Waals surface area contributed by atoms with E-state index in [4.69, 9.17) is 4.74 Å². The highest BCUT2D eigenvalue weighted by molar-refractivity contribution is 9.09. The Morgan fingerprint density at radius 2 is 1.79 bits per heavy atom. The molecule has 6 atom stereocenters. The molecule has 3 aliphatic heterocycles. The molecule has 0 saturated carbocycles. The molecule has 2 bridgehead atoms. The van der Waals surface area contributed by atoms with Crippen LogP contribution in [0.15, 0.2) is 25.3 Å². The molecule has 9 heteroatoms. The molecule has 0 radical (unpaired) electrons. The molecular formula is C29H46BrN3O5. The first-order chi connectivity index (χ1) is 17.7. The van der Waals surface area contributed by atoms with Crippen LogP contribution in [0, 0.1) is 17.3 Å². The standard InChI is InChI=1S/C29H46BrN3O5/c1-9-13-31(8)24(35)20-21-25(36)32(15-11-12-16-34)23(29(21)17-19(30)22(20)38-29)26(37)33(14-10-2)28(6,7)18-27(3,4)5/h9-10,19-23,34H,1-2,11-18H2,3-8H3/t19?,20-,21-,22-,23?,29?/m0/s1. The molecule has 0 aromatic heterocycles. The Kier molecular flexibility index (Phi) is 9.26. The van der Waals surface area contributed by atoms with Crippen molar-refractivity contribution in [2.24, 2.45) is 17.3 Å². The Bertz CT molecular complexity index is 947. The van der Waals surface area contributed by atoms with E-state index in [-0.39, 0.29) is 34.6 Å². The molecule has 3 saturated heterocycles. The monoisotopic (exact) mass is 595 g/mol. The number of aliphatic hydroxyl groups is 1. The van der Waals surface area contributed by atoms with Crippen molar-refractivity contribution in [2.45, 2.75) is 88.4 Å². The van der Waals surface area contributed by atoms with Gasteiger partial charge in [-0.05, 0) is 44.9 Å². The number of carbonyl (C=O) groups is 3. The second-order valence-electron chi connectivity index (χ2n) is 12.9. The molecule has 3 heterocycles. The van der Waals surface area contributed by atoms with Gasteiger partial charge >= 0.3 is 0 Å². The number of nitrogens with zero attached hydrogens (tertiary/aromatic N) is 3. The first-order valence-corrected chi connectivity index (χ1v) is 14.6. The number of fused-ring (bicyclic) bond motifs is 1. The van der Waals surface area contributed by atoms with Crippen LogP contribution in [0.25, 0.3) is 0 Å². The Labute approximate surface area is 236 Å². The lowest BCUT2D eigenvalue weighted by Gasteiger charge is -2.45. The number of likely N-dealkylation sites (tertiary alicyclic amines) is 1. The average molecular weight is 597 g/mol. The molecule has 0 aliphatic carbocycles. The van der Waals surface area contributed by atoms with E-state index in [9.17, 15) is 19.5 Å². The number of amides is 3. The van der Waals surface area contributed by atoms with Gasteiger partial charge in [0.25, 0.3) is 0 Å². The van der Waals surface area contributed by atoms with E-state index in [0.29, 0.717) is 38.9 Å². The molecule has 214 valence electrons. The summed E-state index contributed by atoms with van der Waals surface area (Å²) in [4.78, 5) is 47.3. The zero-order chi connectivity index (χ0) is 28.6. The van der Waals surface area contributed by atoms with Gasteiger partial charge in [-0.15, -0.1) is 13.2 Å². The molecular weight excluding hydrogens is 550 g/mol. The van der Waals surface area contributed by atoms with Gasteiger partial charge in [0.15, 0.2) is 0 Å². The molecule has 0 aromatic carbocycles. The van der Waals surface area contributed by atoms with E-state index in [1.807, 2.05) is 4.90 Å². The quantitative estimate of drug-likeness (QED) is 0.212. The van der Waals surface area contributed by atoms with Gasteiger partial charge in [0.2, 0.25) is 17.7 Å². The molecule has 1 N–H and O–H groups in total. The maximum absolute atomic E-state index is 14.6. The Hall–Kier alpha value is -1.71. The topological polar surface area (TPSA) is 90.4 Å².